The molecule has 0 radical (unpaired) electrons. The predicted molar refractivity (Wildman–Crippen MR) is 119 cm³/mol. The Hall–Kier alpha value is -2.74. The number of ether oxygens (including phenoxy) is 1. The van der Waals surface area contributed by atoms with Crippen molar-refractivity contribution in [2.45, 2.75) is 19.5 Å². The zero-order valence-corrected chi connectivity index (χ0v) is 18.4. The molecular formula is C23H26ClN3O4. The highest BCUT2D eigenvalue weighted by Gasteiger charge is 2.26. The summed E-state index contributed by atoms with van der Waals surface area (Å²) in [5, 5.41) is 24.3. The number of rotatable bonds is 7. The predicted octanol–water partition coefficient (Wildman–Crippen LogP) is 3.90. The first-order chi connectivity index (χ1) is 14.9. The van der Waals surface area contributed by atoms with Gasteiger partial charge in [0.2, 0.25) is 0 Å². The van der Waals surface area contributed by atoms with Gasteiger partial charge in [0.1, 0.15) is 23.9 Å². The Morgan fingerprint density at radius 1 is 1.16 bits per heavy atom. The summed E-state index contributed by atoms with van der Waals surface area (Å²) in [6, 6.07) is 10.9. The minimum absolute atomic E-state index is 0.0946. The van der Waals surface area contributed by atoms with Crippen molar-refractivity contribution in [3.63, 3.8) is 0 Å². The van der Waals surface area contributed by atoms with Gasteiger partial charge >= 0.3 is 0 Å². The van der Waals surface area contributed by atoms with Crippen LogP contribution >= 0.6 is 11.6 Å². The van der Waals surface area contributed by atoms with E-state index >= 15 is 0 Å². The number of aromatic nitrogens is 1. The first-order valence-corrected chi connectivity index (χ1v) is 10.6. The fourth-order valence-corrected chi connectivity index (χ4v) is 3.81. The van der Waals surface area contributed by atoms with Crippen LogP contribution in [0, 0.1) is 0 Å². The molecule has 0 spiro atoms. The fourth-order valence-electron chi connectivity index (χ4n) is 3.64. The molecule has 0 amide bonds. The summed E-state index contributed by atoms with van der Waals surface area (Å²) >= 11 is 6.04. The Bertz CT molecular complexity index is 1050. The van der Waals surface area contributed by atoms with Crippen molar-refractivity contribution < 1.29 is 19.5 Å². The van der Waals surface area contributed by atoms with Gasteiger partial charge in [-0.05, 0) is 37.9 Å². The molecule has 7 nitrogen and oxygen atoms in total. The van der Waals surface area contributed by atoms with Gasteiger partial charge in [0.15, 0.2) is 5.76 Å². The molecule has 0 bridgehead atoms. The Balaban J connectivity index is 1.45. The van der Waals surface area contributed by atoms with E-state index in [9.17, 15) is 10.2 Å². The molecule has 0 saturated carbocycles. The molecule has 0 atom stereocenters. The molecule has 2 heterocycles. The van der Waals surface area contributed by atoms with E-state index in [4.69, 9.17) is 20.9 Å². The van der Waals surface area contributed by atoms with Gasteiger partial charge in [0.25, 0.3) is 0 Å². The molecule has 2 N–H and O–H groups in total. The summed E-state index contributed by atoms with van der Waals surface area (Å²) in [4.78, 5) is 4.40. The van der Waals surface area contributed by atoms with E-state index in [1.54, 1.807) is 0 Å². The van der Waals surface area contributed by atoms with Gasteiger partial charge in [-0.15, -0.1) is 0 Å². The van der Waals surface area contributed by atoms with Crippen molar-refractivity contribution in [2.24, 2.45) is 0 Å². The largest absolute Gasteiger partial charge is 0.507 e. The minimum atomic E-state index is -0.174. The number of aromatic hydroxyl groups is 2. The van der Waals surface area contributed by atoms with E-state index in [1.807, 2.05) is 26.2 Å². The number of likely N-dealkylation sites (N-methyl/N-ethyl adjacent to an activating group) is 1. The van der Waals surface area contributed by atoms with Crippen LogP contribution in [0.1, 0.15) is 16.8 Å². The third-order valence-corrected chi connectivity index (χ3v) is 5.67. The fraction of sp³-hybridized carbons (Fsp3) is 0.348. The summed E-state index contributed by atoms with van der Waals surface area (Å²) in [5.74, 6) is 1.09. The van der Waals surface area contributed by atoms with E-state index in [2.05, 4.69) is 27.1 Å². The van der Waals surface area contributed by atoms with Crippen molar-refractivity contribution in [1.29, 1.82) is 0 Å². The van der Waals surface area contributed by atoms with E-state index in [0.29, 0.717) is 24.5 Å². The van der Waals surface area contributed by atoms with Crippen LogP contribution in [0.25, 0.3) is 11.3 Å². The Labute approximate surface area is 186 Å². The van der Waals surface area contributed by atoms with Crippen LogP contribution in [0.4, 0.5) is 0 Å². The Morgan fingerprint density at radius 3 is 2.68 bits per heavy atom. The van der Waals surface area contributed by atoms with Crippen LogP contribution in [0.2, 0.25) is 5.02 Å². The quantitative estimate of drug-likeness (QED) is 0.573. The number of nitrogens with zero attached hydrogens (tertiary/aromatic N) is 3. The van der Waals surface area contributed by atoms with Crippen molar-refractivity contribution in [3.8, 4) is 28.6 Å². The molecule has 1 aliphatic heterocycles. The monoisotopic (exact) mass is 443 g/mol. The lowest BCUT2D eigenvalue weighted by molar-refractivity contribution is 0.244. The molecule has 0 aliphatic carbocycles. The smallest absolute Gasteiger partial charge is 0.175 e. The average Bonchev–Trinajstić information content (AvgIpc) is 3.15. The molecule has 4 rings (SSSR count). The summed E-state index contributed by atoms with van der Waals surface area (Å²) in [6.45, 7) is 3.83. The third-order valence-electron chi connectivity index (χ3n) is 5.36. The molecule has 2 aromatic carbocycles. The van der Waals surface area contributed by atoms with Crippen LogP contribution in [0.15, 0.2) is 40.9 Å². The second kappa shape index (κ2) is 9.18. The van der Waals surface area contributed by atoms with Gasteiger partial charge in [0.05, 0.1) is 16.3 Å². The highest BCUT2D eigenvalue weighted by Crippen LogP contribution is 2.40. The molecule has 0 unspecified atom stereocenters. The number of benzene rings is 2. The van der Waals surface area contributed by atoms with Gasteiger partial charge in [-0.2, -0.15) is 0 Å². The highest BCUT2D eigenvalue weighted by molar-refractivity contribution is 6.32. The van der Waals surface area contributed by atoms with E-state index in [0.717, 1.165) is 43.1 Å². The second-order valence-electron chi connectivity index (χ2n) is 8.01. The standard InChI is InChI=1S/C23H26ClN3O4/c1-26(2)9-10-30-16-5-3-15(4-6-16)13-27-8-7-20-18(14-27)23(31-25-20)17-11-19(24)22(29)12-21(17)28/h3-6,11-12,28-29H,7-10,13-14H2,1-2H3. The summed E-state index contributed by atoms with van der Waals surface area (Å²) in [7, 11) is 4.05. The molecule has 0 fully saturated rings. The maximum absolute atomic E-state index is 10.3. The lowest BCUT2D eigenvalue weighted by Gasteiger charge is -2.26. The first kappa shape index (κ1) is 21.5. The maximum atomic E-state index is 10.3. The molecule has 0 saturated heterocycles. The summed E-state index contributed by atoms with van der Waals surface area (Å²) < 4.78 is 11.3. The van der Waals surface area contributed by atoms with Gasteiger partial charge in [-0.1, -0.05) is 28.9 Å². The zero-order chi connectivity index (χ0) is 22.0. The molecule has 1 aromatic heterocycles. The summed E-state index contributed by atoms with van der Waals surface area (Å²) in [6.07, 6.45) is 0.761. The Morgan fingerprint density at radius 2 is 1.94 bits per heavy atom. The average molecular weight is 444 g/mol. The Kier molecular flexibility index (Phi) is 6.36. The second-order valence-corrected chi connectivity index (χ2v) is 8.42. The van der Waals surface area contributed by atoms with E-state index in [1.165, 1.54) is 17.7 Å². The number of hydrogen-bond acceptors (Lipinski definition) is 7. The van der Waals surface area contributed by atoms with Crippen molar-refractivity contribution in [2.75, 3.05) is 33.8 Å². The van der Waals surface area contributed by atoms with Crippen LogP contribution in [-0.4, -0.2) is 59.0 Å². The molecular weight excluding hydrogens is 418 g/mol. The van der Waals surface area contributed by atoms with Crippen LogP contribution in [0.5, 0.6) is 17.2 Å². The van der Waals surface area contributed by atoms with E-state index < -0.39 is 0 Å². The topological polar surface area (TPSA) is 82.2 Å². The number of phenolic OH excluding ortho intramolecular Hbond substituents is 2. The number of fused-ring (bicyclic) bond motifs is 1. The van der Waals surface area contributed by atoms with Gasteiger partial charge in [-0.3, -0.25) is 4.90 Å². The van der Waals surface area contributed by atoms with Gasteiger partial charge in [-0.25, -0.2) is 0 Å². The lowest BCUT2D eigenvalue weighted by atomic mass is 10.0. The van der Waals surface area contributed by atoms with Gasteiger partial charge in [0, 0.05) is 44.2 Å². The van der Waals surface area contributed by atoms with Crippen LogP contribution < -0.4 is 4.74 Å². The van der Waals surface area contributed by atoms with Crippen molar-refractivity contribution >= 4 is 11.6 Å². The third kappa shape index (κ3) is 4.95. The summed E-state index contributed by atoms with van der Waals surface area (Å²) in [5.41, 5.74) is 3.45. The van der Waals surface area contributed by atoms with E-state index in [-0.39, 0.29) is 16.5 Å². The number of hydrogen-bond donors (Lipinski definition) is 2. The molecule has 8 heteroatoms. The minimum Gasteiger partial charge on any atom is -0.507 e. The maximum Gasteiger partial charge on any atom is 0.175 e. The van der Waals surface area contributed by atoms with Crippen molar-refractivity contribution in [1.82, 2.24) is 15.0 Å². The molecule has 1 aliphatic rings. The molecule has 31 heavy (non-hydrogen) atoms. The van der Waals surface area contributed by atoms with Gasteiger partial charge < -0.3 is 24.4 Å². The highest BCUT2D eigenvalue weighted by atomic mass is 35.5. The number of halogens is 1. The van der Waals surface area contributed by atoms with Crippen LogP contribution in [-0.2, 0) is 19.5 Å². The molecule has 164 valence electrons. The van der Waals surface area contributed by atoms with Crippen molar-refractivity contribution in [3.05, 3.63) is 58.2 Å². The number of phenols is 2. The zero-order valence-electron chi connectivity index (χ0n) is 17.6. The normalized spacial score (nSPS) is 14.1. The van der Waals surface area contributed by atoms with Crippen LogP contribution in [0.3, 0.4) is 0 Å². The molecule has 3 aromatic rings. The SMILES string of the molecule is CN(C)CCOc1ccc(CN2CCc3noc(-c4cc(Cl)c(O)cc4O)c3C2)cc1. The first-order valence-electron chi connectivity index (χ1n) is 10.2. The lowest BCUT2D eigenvalue weighted by Crippen LogP contribution is -2.30.